The van der Waals surface area contributed by atoms with Gasteiger partial charge in [-0.3, -0.25) is 0 Å². The molecule has 14 heavy (non-hydrogen) atoms. The van der Waals surface area contributed by atoms with Gasteiger partial charge in [-0.05, 0) is 36.8 Å². The van der Waals surface area contributed by atoms with E-state index in [1.807, 2.05) is 13.0 Å². The fourth-order valence-corrected chi connectivity index (χ4v) is 1.48. The van der Waals surface area contributed by atoms with E-state index >= 15 is 0 Å². The molecule has 0 fully saturated rings. The van der Waals surface area contributed by atoms with E-state index in [1.54, 1.807) is 6.26 Å². The number of hydrogen-bond acceptors (Lipinski definition) is 2. The Kier molecular flexibility index (Phi) is 3.38. The second-order valence-corrected chi connectivity index (χ2v) is 5.17. The number of furan rings is 1. The summed E-state index contributed by atoms with van der Waals surface area (Å²) in [6.07, 6.45) is 3.81. The molecule has 0 saturated carbocycles. The number of nitrogens with two attached hydrogens (primary N) is 1. The quantitative estimate of drug-likeness (QED) is 0.802. The van der Waals surface area contributed by atoms with Crippen LogP contribution in [0, 0.1) is 12.3 Å². The maximum Gasteiger partial charge on any atom is 0.123 e. The summed E-state index contributed by atoms with van der Waals surface area (Å²) in [6.45, 7) is 8.73. The first-order valence-electron chi connectivity index (χ1n) is 5.20. The second kappa shape index (κ2) is 4.18. The van der Waals surface area contributed by atoms with Crippen molar-refractivity contribution in [1.82, 2.24) is 0 Å². The molecule has 0 bridgehead atoms. The monoisotopic (exact) mass is 195 g/mol. The Morgan fingerprint density at radius 3 is 2.50 bits per heavy atom. The van der Waals surface area contributed by atoms with Crippen molar-refractivity contribution >= 4 is 0 Å². The van der Waals surface area contributed by atoms with E-state index in [1.165, 1.54) is 0 Å². The summed E-state index contributed by atoms with van der Waals surface area (Å²) in [5.41, 5.74) is 7.56. The van der Waals surface area contributed by atoms with Crippen LogP contribution in [-0.4, -0.2) is 0 Å². The van der Waals surface area contributed by atoms with Crippen molar-refractivity contribution < 1.29 is 4.42 Å². The average Bonchev–Trinajstić information content (AvgIpc) is 2.46. The maximum atomic E-state index is 6.05. The van der Waals surface area contributed by atoms with Crippen molar-refractivity contribution in [2.75, 3.05) is 0 Å². The molecular formula is C12H21NO. The van der Waals surface area contributed by atoms with Gasteiger partial charge in [0.1, 0.15) is 5.76 Å². The lowest BCUT2D eigenvalue weighted by Gasteiger charge is -2.20. The highest BCUT2D eigenvalue weighted by Gasteiger charge is 2.16. The minimum absolute atomic E-state index is 0.0456. The van der Waals surface area contributed by atoms with Gasteiger partial charge in [-0.2, -0.15) is 0 Å². The summed E-state index contributed by atoms with van der Waals surface area (Å²) in [5.74, 6) is 0.939. The number of hydrogen-bond donors (Lipinski definition) is 1. The van der Waals surface area contributed by atoms with Crippen LogP contribution in [-0.2, 0) is 0 Å². The molecule has 0 aliphatic heterocycles. The van der Waals surface area contributed by atoms with E-state index in [2.05, 4.69) is 20.8 Å². The van der Waals surface area contributed by atoms with Gasteiger partial charge in [0.2, 0.25) is 0 Å². The maximum absolute atomic E-state index is 6.05. The van der Waals surface area contributed by atoms with E-state index in [0.29, 0.717) is 5.41 Å². The standard InChI is InChI=1S/C12H21NO/c1-9-6-8-14-11(9)10(13)5-7-12(2,3)4/h6,8,10H,5,7,13H2,1-4H3. The Bertz CT molecular complexity index is 283. The molecule has 2 heteroatoms. The minimum atomic E-state index is 0.0456. The van der Waals surface area contributed by atoms with Crippen LogP contribution in [0.3, 0.4) is 0 Å². The van der Waals surface area contributed by atoms with Gasteiger partial charge in [0.25, 0.3) is 0 Å². The predicted octanol–water partition coefficient (Wildman–Crippen LogP) is 3.41. The summed E-state index contributed by atoms with van der Waals surface area (Å²) in [7, 11) is 0. The zero-order valence-electron chi connectivity index (χ0n) is 9.63. The Labute approximate surface area is 86.5 Å². The van der Waals surface area contributed by atoms with Gasteiger partial charge in [-0.25, -0.2) is 0 Å². The third-order valence-electron chi connectivity index (χ3n) is 2.44. The van der Waals surface area contributed by atoms with Gasteiger partial charge in [0.15, 0.2) is 0 Å². The Balaban J connectivity index is 2.51. The fourth-order valence-electron chi connectivity index (χ4n) is 1.48. The van der Waals surface area contributed by atoms with Crippen molar-refractivity contribution in [1.29, 1.82) is 0 Å². The Morgan fingerprint density at radius 2 is 2.07 bits per heavy atom. The lowest BCUT2D eigenvalue weighted by Crippen LogP contribution is -2.14. The molecular weight excluding hydrogens is 174 g/mol. The van der Waals surface area contributed by atoms with Crippen molar-refractivity contribution in [2.45, 2.75) is 46.6 Å². The summed E-state index contributed by atoms with van der Waals surface area (Å²) in [4.78, 5) is 0. The van der Waals surface area contributed by atoms with Crippen LogP contribution in [0.15, 0.2) is 16.7 Å². The van der Waals surface area contributed by atoms with Gasteiger partial charge in [-0.1, -0.05) is 20.8 Å². The lowest BCUT2D eigenvalue weighted by molar-refractivity contribution is 0.334. The summed E-state index contributed by atoms with van der Waals surface area (Å²) >= 11 is 0. The third-order valence-corrected chi connectivity index (χ3v) is 2.44. The fraction of sp³-hybridized carbons (Fsp3) is 0.667. The van der Waals surface area contributed by atoms with Crippen LogP contribution < -0.4 is 5.73 Å². The van der Waals surface area contributed by atoms with E-state index < -0.39 is 0 Å². The molecule has 0 radical (unpaired) electrons. The Hall–Kier alpha value is -0.760. The van der Waals surface area contributed by atoms with Crippen LogP contribution in [0.2, 0.25) is 0 Å². The van der Waals surface area contributed by atoms with Crippen LogP contribution in [0.25, 0.3) is 0 Å². The third kappa shape index (κ3) is 3.18. The molecule has 1 atom stereocenters. The molecule has 0 aliphatic rings. The summed E-state index contributed by atoms with van der Waals surface area (Å²) in [6, 6.07) is 2.01. The normalized spacial score (nSPS) is 14.4. The van der Waals surface area contributed by atoms with Crippen molar-refractivity contribution in [3.63, 3.8) is 0 Å². The number of rotatable bonds is 3. The molecule has 1 aromatic heterocycles. The van der Waals surface area contributed by atoms with Gasteiger partial charge in [-0.15, -0.1) is 0 Å². The highest BCUT2D eigenvalue weighted by molar-refractivity contribution is 5.17. The van der Waals surface area contributed by atoms with Crippen molar-refractivity contribution in [3.05, 3.63) is 23.7 Å². The molecule has 0 saturated heterocycles. The summed E-state index contributed by atoms with van der Waals surface area (Å²) in [5, 5.41) is 0. The molecule has 1 aromatic rings. The first-order valence-corrected chi connectivity index (χ1v) is 5.20. The molecule has 0 amide bonds. The van der Waals surface area contributed by atoms with E-state index in [-0.39, 0.29) is 6.04 Å². The minimum Gasteiger partial charge on any atom is -0.467 e. The molecule has 2 N–H and O–H groups in total. The topological polar surface area (TPSA) is 39.2 Å². The molecule has 1 rings (SSSR count). The largest absolute Gasteiger partial charge is 0.467 e. The predicted molar refractivity (Wildman–Crippen MR) is 59.1 cm³/mol. The van der Waals surface area contributed by atoms with Crippen LogP contribution in [0.5, 0.6) is 0 Å². The molecule has 1 heterocycles. The highest BCUT2D eigenvalue weighted by atomic mass is 16.3. The van der Waals surface area contributed by atoms with Crippen LogP contribution in [0.4, 0.5) is 0 Å². The van der Waals surface area contributed by atoms with Gasteiger partial charge in [0, 0.05) is 0 Å². The van der Waals surface area contributed by atoms with E-state index in [9.17, 15) is 0 Å². The zero-order valence-corrected chi connectivity index (χ0v) is 9.63. The number of aryl methyl sites for hydroxylation is 1. The lowest BCUT2D eigenvalue weighted by atomic mass is 9.88. The average molecular weight is 195 g/mol. The van der Waals surface area contributed by atoms with Crippen molar-refractivity contribution in [2.24, 2.45) is 11.1 Å². The SMILES string of the molecule is Cc1ccoc1C(N)CCC(C)(C)C. The second-order valence-electron chi connectivity index (χ2n) is 5.17. The smallest absolute Gasteiger partial charge is 0.123 e. The Morgan fingerprint density at radius 1 is 1.43 bits per heavy atom. The van der Waals surface area contributed by atoms with E-state index in [4.69, 9.17) is 10.2 Å². The summed E-state index contributed by atoms with van der Waals surface area (Å²) < 4.78 is 5.37. The highest BCUT2D eigenvalue weighted by Crippen LogP contribution is 2.27. The van der Waals surface area contributed by atoms with E-state index in [0.717, 1.165) is 24.2 Å². The molecule has 0 aromatic carbocycles. The molecule has 1 unspecified atom stereocenters. The zero-order chi connectivity index (χ0) is 10.8. The van der Waals surface area contributed by atoms with Gasteiger partial charge >= 0.3 is 0 Å². The van der Waals surface area contributed by atoms with Crippen LogP contribution >= 0.6 is 0 Å². The van der Waals surface area contributed by atoms with Crippen LogP contribution in [0.1, 0.15) is 51.0 Å². The molecule has 0 spiro atoms. The van der Waals surface area contributed by atoms with Gasteiger partial charge < -0.3 is 10.2 Å². The first-order chi connectivity index (χ1) is 6.40. The first kappa shape index (κ1) is 11.3. The van der Waals surface area contributed by atoms with Crippen molar-refractivity contribution in [3.8, 4) is 0 Å². The molecule has 0 aliphatic carbocycles. The molecule has 2 nitrogen and oxygen atoms in total. The van der Waals surface area contributed by atoms with Gasteiger partial charge in [0.05, 0.1) is 12.3 Å². The molecule has 80 valence electrons.